The van der Waals surface area contributed by atoms with Gasteiger partial charge in [0.15, 0.2) is 5.82 Å². The molecule has 0 unspecified atom stereocenters. The van der Waals surface area contributed by atoms with Crippen LogP contribution in [0, 0.1) is 0 Å². The van der Waals surface area contributed by atoms with Crippen molar-refractivity contribution in [2.75, 3.05) is 44.7 Å². The molecule has 1 fully saturated rings. The fourth-order valence-corrected chi connectivity index (χ4v) is 3.27. The molecule has 1 N–H and O–H groups in total. The van der Waals surface area contributed by atoms with Gasteiger partial charge in [-0.25, -0.2) is 9.97 Å². The average Bonchev–Trinajstić information content (AvgIpc) is 2.78. The van der Waals surface area contributed by atoms with Crippen LogP contribution in [-0.2, 0) is 4.74 Å². The molecule has 4 rings (SSSR count). The van der Waals surface area contributed by atoms with Gasteiger partial charge in [0.25, 0.3) is 0 Å². The molecule has 0 saturated carbocycles. The van der Waals surface area contributed by atoms with Crippen LogP contribution in [0.1, 0.15) is 6.42 Å². The lowest BCUT2D eigenvalue weighted by Gasteiger charge is -2.26. The molecule has 1 aromatic carbocycles. The molecule has 0 aliphatic carbocycles. The number of hydrogen-bond donors (Lipinski definition) is 1. The summed E-state index contributed by atoms with van der Waals surface area (Å²) >= 11 is 0. The molecule has 3 heterocycles. The summed E-state index contributed by atoms with van der Waals surface area (Å²) in [7, 11) is 0. The Hall–Kier alpha value is -2.83. The highest BCUT2D eigenvalue weighted by Gasteiger charge is 2.11. The molecular formula is C22H25N5O. The van der Waals surface area contributed by atoms with Crippen molar-refractivity contribution in [1.82, 2.24) is 19.9 Å². The maximum Gasteiger partial charge on any atom is 0.162 e. The van der Waals surface area contributed by atoms with Crippen LogP contribution in [0.25, 0.3) is 22.6 Å². The second kappa shape index (κ2) is 9.39. The van der Waals surface area contributed by atoms with E-state index in [2.05, 4.69) is 27.3 Å². The lowest BCUT2D eigenvalue weighted by Crippen LogP contribution is -2.37. The highest BCUT2D eigenvalue weighted by molar-refractivity contribution is 5.67. The van der Waals surface area contributed by atoms with Crippen LogP contribution in [-0.4, -0.2) is 59.2 Å². The Morgan fingerprint density at radius 3 is 2.50 bits per heavy atom. The smallest absolute Gasteiger partial charge is 0.162 e. The molecular weight excluding hydrogens is 350 g/mol. The molecule has 1 aliphatic rings. The number of nitrogens with one attached hydrogen (secondary N) is 1. The molecule has 0 amide bonds. The van der Waals surface area contributed by atoms with Gasteiger partial charge in [-0.05, 0) is 25.1 Å². The van der Waals surface area contributed by atoms with Gasteiger partial charge in [-0.2, -0.15) is 0 Å². The minimum absolute atomic E-state index is 0.708. The number of hydrogen-bond acceptors (Lipinski definition) is 6. The van der Waals surface area contributed by atoms with Gasteiger partial charge < -0.3 is 10.1 Å². The standard InChI is InChI=1S/C22H25N5O/c1-2-5-18(6-3-1)20-17-21(24-9-4-12-27-13-15-28-16-14-27)26-22(25-20)19-7-10-23-11-8-19/h1-3,5-8,10-11,17H,4,9,12-16H2,(H,24,25,26). The number of rotatable bonds is 7. The molecule has 1 saturated heterocycles. The molecule has 28 heavy (non-hydrogen) atoms. The Labute approximate surface area is 165 Å². The monoisotopic (exact) mass is 375 g/mol. The maximum absolute atomic E-state index is 5.41. The van der Waals surface area contributed by atoms with Gasteiger partial charge in [-0.3, -0.25) is 9.88 Å². The van der Waals surface area contributed by atoms with Gasteiger partial charge in [0.05, 0.1) is 18.9 Å². The summed E-state index contributed by atoms with van der Waals surface area (Å²) < 4.78 is 5.41. The van der Waals surface area contributed by atoms with E-state index in [-0.39, 0.29) is 0 Å². The highest BCUT2D eigenvalue weighted by Crippen LogP contribution is 2.24. The van der Waals surface area contributed by atoms with Crippen LogP contribution >= 0.6 is 0 Å². The van der Waals surface area contributed by atoms with Crippen LogP contribution < -0.4 is 5.32 Å². The Balaban J connectivity index is 1.49. The lowest BCUT2D eigenvalue weighted by molar-refractivity contribution is 0.0378. The highest BCUT2D eigenvalue weighted by atomic mass is 16.5. The molecule has 144 valence electrons. The first-order valence-corrected chi connectivity index (χ1v) is 9.77. The normalized spacial score (nSPS) is 14.7. The first-order chi connectivity index (χ1) is 13.9. The second-order valence-electron chi connectivity index (χ2n) is 6.80. The third-order valence-corrected chi connectivity index (χ3v) is 4.80. The van der Waals surface area contributed by atoms with E-state index in [0.29, 0.717) is 5.82 Å². The van der Waals surface area contributed by atoms with Gasteiger partial charge in [-0.1, -0.05) is 30.3 Å². The minimum Gasteiger partial charge on any atom is -0.379 e. The molecule has 2 aromatic heterocycles. The number of ether oxygens (including phenoxy) is 1. The van der Waals surface area contributed by atoms with Gasteiger partial charge in [0.2, 0.25) is 0 Å². The van der Waals surface area contributed by atoms with Crippen molar-refractivity contribution in [2.24, 2.45) is 0 Å². The van der Waals surface area contributed by atoms with E-state index in [1.54, 1.807) is 12.4 Å². The number of nitrogens with zero attached hydrogens (tertiary/aromatic N) is 4. The first-order valence-electron chi connectivity index (χ1n) is 9.77. The number of pyridine rings is 1. The van der Waals surface area contributed by atoms with E-state index in [9.17, 15) is 0 Å². The number of benzene rings is 1. The molecule has 6 nitrogen and oxygen atoms in total. The zero-order valence-electron chi connectivity index (χ0n) is 15.9. The summed E-state index contributed by atoms with van der Waals surface area (Å²) in [5.41, 5.74) is 2.96. The van der Waals surface area contributed by atoms with E-state index in [1.807, 2.05) is 36.4 Å². The summed E-state index contributed by atoms with van der Waals surface area (Å²) in [6.07, 6.45) is 4.60. The SMILES string of the molecule is c1ccc(-c2cc(NCCCN3CCOCC3)nc(-c3ccncc3)n2)cc1. The molecule has 1 aliphatic heterocycles. The fraction of sp³-hybridized carbons (Fsp3) is 0.318. The third-order valence-electron chi connectivity index (χ3n) is 4.80. The summed E-state index contributed by atoms with van der Waals surface area (Å²) in [6, 6.07) is 16.1. The summed E-state index contributed by atoms with van der Waals surface area (Å²) in [5, 5.41) is 3.48. The molecule has 0 spiro atoms. The van der Waals surface area contributed by atoms with Crippen molar-refractivity contribution in [3.63, 3.8) is 0 Å². The predicted octanol–water partition coefficient (Wildman–Crippen LogP) is 3.34. The topological polar surface area (TPSA) is 63.2 Å². The Morgan fingerprint density at radius 1 is 0.929 bits per heavy atom. The zero-order valence-corrected chi connectivity index (χ0v) is 15.9. The van der Waals surface area contributed by atoms with Crippen LogP contribution in [0.2, 0.25) is 0 Å². The van der Waals surface area contributed by atoms with E-state index in [4.69, 9.17) is 14.7 Å². The number of anilines is 1. The van der Waals surface area contributed by atoms with Crippen LogP contribution in [0.15, 0.2) is 60.9 Å². The molecule has 0 bridgehead atoms. The van der Waals surface area contributed by atoms with Crippen LogP contribution in [0.3, 0.4) is 0 Å². The largest absolute Gasteiger partial charge is 0.379 e. The van der Waals surface area contributed by atoms with E-state index in [0.717, 1.165) is 68.5 Å². The van der Waals surface area contributed by atoms with Crippen molar-refractivity contribution in [3.8, 4) is 22.6 Å². The number of aromatic nitrogens is 3. The number of morpholine rings is 1. The van der Waals surface area contributed by atoms with Gasteiger partial charge in [0.1, 0.15) is 5.82 Å². The predicted molar refractivity (Wildman–Crippen MR) is 111 cm³/mol. The van der Waals surface area contributed by atoms with E-state index >= 15 is 0 Å². The molecule has 0 radical (unpaired) electrons. The van der Waals surface area contributed by atoms with Crippen molar-refractivity contribution in [3.05, 3.63) is 60.9 Å². The molecule has 0 atom stereocenters. The Bertz CT molecular complexity index is 809. The Kier molecular flexibility index (Phi) is 6.22. The van der Waals surface area contributed by atoms with Gasteiger partial charge in [0, 0.05) is 49.2 Å². The van der Waals surface area contributed by atoms with Crippen LogP contribution in [0.4, 0.5) is 5.82 Å². The summed E-state index contributed by atoms with van der Waals surface area (Å²) in [5.74, 6) is 1.56. The lowest BCUT2D eigenvalue weighted by atomic mass is 10.1. The van der Waals surface area contributed by atoms with Crippen molar-refractivity contribution in [2.45, 2.75) is 6.42 Å². The minimum atomic E-state index is 0.708. The van der Waals surface area contributed by atoms with Crippen molar-refractivity contribution in [1.29, 1.82) is 0 Å². The zero-order chi connectivity index (χ0) is 19.0. The molecule has 3 aromatic rings. The average molecular weight is 375 g/mol. The maximum atomic E-state index is 5.41. The van der Waals surface area contributed by atoms with Gasteiger partial charge >= 0.3 is 0 Å². The third kappa shape index (κ3) is 4.91. The summed E-state index contributed by atoms with van der Waals surface area (Å²) in [4.78, 5) is 16.0. The van der Waals surface area contributed by atoms with E-state index in [1.165, 1.54) is 0 Å². The summed E-state index contributed by atoms with van der Waals surface area (Å²) in [6.45, 7) is 5.68. The van der Waals surface area contributed by atoms with Crippen LogP contribution in [0.5, 0.6) is 0 Å². The second-order valence-corrected chi connectivity index (χ2v) is 6.80. The first kappa shape index (κ1) is 18.5. The molecule has 6 heteroatoms. The quantitative estimate of drug-likeness (QED) is 0.639. The van der Waals surface area contributed by atoms with Gasteiger partial charge in [-0.15, -0.1) is 0 Å². The van der Waals surface area contributed by atoms with Crippen molar-refractivity contribution < 1.29 is 4.74 Å². The fourth-order valence-electron chi connectivity index (χ4n) is 3.27. The Morgan fingerprint density at radius 2 is 1.71 bits per heavy atom. The van der Waals surface area contributed by atoms with Crippen molar-refractivity contribution >= 4 is 5.82 Å². The van der Waals surface area contributed by atoms with E-state index < -0.39 is 0 Å².